The highest BCUT2D eigenvalue weighted by molar-refractivity contribution is 5.79. The Bertz CT molecular complexity index is 830. The van der Waals surface area contributed by atoms with Crippen LogP contribution < -0.4 is 0 Å². The fourth-order valence-corrected chi connectivity index (χ4v) is 3.53. The highest BCUT2D eigenvalue weighted by Gasteiger charge is 2.30. The van der Waals surface area contributed by atoms with Crippen molar-refractivity contribution in [2.45, 2.75) is 87.6 Å². The molecule has 1 atom stereocenters. The van der Waals surface area contributed by atoms with E-state index in [1.165, 1.54) is 16.7 Å². The van der Waals surface area contributed by atoms with Gasteiger partial charge >= 0.3 is 5.97 Å². The summed E-state index contributed by atoms with van der Waals surface area (Å²) < 4.78 is 0. The minimum absolute atomic E-state index is 0.545. The van der Waals surface area contributed by atoms with Gasteiger partial charge in [-0.05, 0) is 61.4 Å². The van der Waals surface area contributed by atoms with E-state index in [0.29, 0.717) is 5.92 Å². The first-order valence-corrected chi connectivity index (χ1v) is 12.6. The standard InChI is InChI=1S/C21H25NO2.C5H10.2C2H6/c1-15(2)16-7-8-18-14-22(11-9-17(18)12-16)19-6-4-5-10-21(3,13-19)20(23)24;1-3-5-4-2;2*1-2/h4-8,10,12-13,15H,9,11,14H2,1-3H3,(H,23,24);3,5H,4H2,1-2H3;2*1-2H3/b;5-3+;;. The average Bonchev–Trinajstić information content (AvgIpc) is 3.04. The molecule has 1 aromatic rings. The van der Waals surface area contributed by atoms with Crippen molar-refractivity contribution in [3.05, 3.63) is 83.1 Å². The van der Waals surface area contributed by atoms with Crippen LogP contribution in [0.5, 0.6) is 0 Å². The second kappa shape index (κ2) is 16.1. The molecule has 0 fully saturated rings. The third-order valence-electron chi connectivity index (χ3n) is 5.47. The summed E-state index contributed by atoms with van der Waals surface area (Å²) in [6.07, 6.45) is 15.7. The number of hydrogen-bond acceptors (Lipinski definition) is 2. The molecule has 3 rings (SSSR count). The molecule has 0 aromatic heterocycles. The number of benzene rings is 1. The molecule has 3 heteroatoms. The van der Waals surface area contributed by atoms with E-state index in [1.807, 2.05) is 58.9 Å². The lowest BCUT2D eigenvalue weighted by molar-refractivity contribution is -0.142. The quantitative estimate of drug-likeness (QED) is 0.466. The molecule has 3 nitrogen and oxygen atoms in total. The Labute approximate surface area is 203 Å². The Morgan fingerprint density at radius 1 is 1.15 bits per heavy atom. The Hall–Kier alpha value is -2.55. The molecule has 1 aromatic carbocycles. The fourth-order valence-electron chi connectivity index (χ4n) is 3.53. The Balaban J connectivity index is 0.000000991. The first kappa shape index (κ1) is 30.4. The van der Waals surface area contributed by atoms with Crippen molar-refractivity contribution >= 4 is 5.97 Å². The van der Waals surface area contributed by atoms with E-state index < -0.39 is 11.4 Å². The second-order valence-corrected chi connectivity index (χ2v) is 8.21. The molecule has 184 valence electrons. The molecule has 33 heavy (non-hydrogen) atoms. The summed E-state index contributed by atoms with van der Waals surface area (Å²) in [6, 6.07) is 6.78. The third kappa shape index (κ3) is 9.45. The van der Waals surface area contributed by atoms with Crippen LogP contribution in [-0.2, 0) is 17.8 Å². The molecular weight excluding hydrogens is 406 g/mol. The zero-order valence-electron chi connectivity index (χ0n) is 22.5. The lowest BCUT2D eigenvalue weighted by Crippen LogP contribution is -2.31. The highest BCUT2D eigenvalue weighted by Crippen LogP contribution is 2.30. The first-order valence-electron chi connectivity index (χ1n) is 12.6. The molecule has 2 aliphatic rings. The largest absolute Gasteiger partial charge is 0.480 e. The molecule has 1 N–H and O–H groups in total. The Morgan fingerprint density at radius 3 is 2.33 bits per heavy atom. The summed E-state index contributed by atoms with van der Waals surface area (Å²) in [4.78, 5) is 13.9. The molecule has 0 saturated carbocycles. The van der Waals surface area contributed by atoms with Gasteiger partial charge in [0.15, 0.2) is 0 Å². The summed E-state index contributed by atoms with van der Waals surface area (Å²) in [6.45, 7) is 20.1. The van der Waals surface area contributed by atoms with Crippen molar-refractivity contribution in [3.63, 3.8) is 0 Å². The van der Waals surface area contributed by atoms with Crippen LogP contribution in [0, 0.1) is 5.41 Å². The minimum Gasteiger partial charge on any atom is -0.480 e. The van der Waals surface area contributed by atoms with E-state index in [1.54, 1.807) is 13.0 Å². The first-order chi connectivity index (χ1) is 15.8. The van der Waals surface area contributed by atoms with Crippen molar-refractivity contribution in [1.82, 2.24) is 4.90 Å². The van der Waals surface area contributed by atoms with Gasteiger partial charge in [0.1, 0.15) is 5.41 Å². The highest BCUT2D eigenvalue weighted by atomic mass is 16.4. The number of allylic oxidation sites excluding steroid dienone is 5. The number of fused-ring (bicyclic) bond motifs is 1. The maximum Gasteiger partial charge on any atom is 0.317 e. The van der Waals surface area contributed by atoms with E-state index in [-0.39, 0.29) is 0 Å². The summed E-state index contributed by atoms with van der Waals surface area (Å²) in [7, 11) is 0. The normalized spacial score (nSPS) is 18.6. The predicted molar refractivity (Wildman–Crippen MR) is 145 cm³/mol. The zero-order chi connectivity index (χ0) is 25.4. The summed E-state index contributed by atoms with van der Waals surface area (Å²) in [5, 5.41) is 9.54. The van der Waals surface area contributed by atoms with Crippen LogP contribution in [-0.4, -0.2) is 22.5 Å². The topological polar surface area (TPSA) is 40.5 Å². The summed E-state index contributed by atoms with van der Waals surface area (Å²) in [5.74, 6) is -0.276. The number of aliphatic carboxylic acids is 1. The van der Waals surface area contributed by atoms with Crippen LogP contribution in [0.3, 0.4) is 0 Å². The number of hydrogen-bond donors (Lipinski definition) is 1. The molecule has 0 spiro atoms. The summed E-state index contributed by atoms with van der Waals surface area (Å²) >= 11 is 0. The predicted octanol–water partition coefficient (Wildman–Crippen LogP) is 8.29. The van der Waals surface area contributed by atoms with Crippen molar-refractivity contribution in [2.24, 2.45) is 5.41 Å². The lowest BCUT2D eigenvalue weighted by atomic mass is 9.89. The van der Waals surface area contributed by atoms with Crippen LogP contribution in [0.2, 0.25) is 0 Å². The van der Waals surface area contributed by atoms with Crippen LogP contribution in [0.4, 0.5) is 0 Å². The second-order valence-electron chi connectivity index (χ2n) is 8.21. The van der Waals surface area contributed by atoms with Crippen LogP contribution in [0.1, 0.15) is 91.3 Å². The molecule has 0 radical (unpaired) electrons. The average molecular weight is 454 g/mol. The van der Waals surface area contributed by atoms with Crippen molar-refractivity contribution in [3.8, 4) is 0 Å². The van der Waals surface area contributed by atoms with Gasteiger partial charge in [-0.3, -0.25) is 4.79 Å². The van der Waals surface area contributed by atoms with Gasteiger partial charge < -0.3 is 10.0 Å². The molecule has 1 heterocycles. The maximum absolute atomic E-state index is 11.6. The molecule has 0 amide bonds. The van der Waals surface area contributed by atoms with E-state index in [4.69, 9.17) is 0 Å². The van der Waals surface area contributed by atoms with Crippen molar-refractivity contribution in [1.29, 1.82) is 0 Å². The Kier molecular flexibility index (Phi) is 14.9. The molecule has 0 saturated heterocycles. The Morgan fingerprint density at radius 2 is 1.82 bits per heavy atom. The van der Waals surface area contributed by atoms with E-state index in [2.05, 4.69) is 56.0 Å². The number of rotatable bonds is 4. The van der Waals surface area contributed by atoms with E-state index >= 15 is 0 Å². The lowest BCUT2D eigenvalue weighted by Gasteiger charge is -2.33. The zero-order valence-corrected chi connectivity index (χ0v) is 22.5. The maximum atomic E-state index is 11.6. The van der Waals surface area contributed by atoms with Gasteiger partial charge in [0.25, 0.3) is 0 Å². The third-order valence-corrected chi connectivity index (χ3v) is 5.47. The molecule has 1 aliphatic heterocycles. The SMILES string of the molecule is C/C=C/CC.CC.CC.CC(C)c1ccc2c(c1)CCN(C1=CC(C)(C(=O)O)C=CC=C1)C2. The van der Waals surface area contributed by atoms with Gasteiger partial charge in [-0.2, -0.15) is 0 Å². The molecule has 1 unspecified atom stereocenters. The van der Waals surface area contributed by atoms with Crippen LogP contribution in [0.15, 0.2) is 66.4 Å². The van der Waals surface area contributed by atoms with Gasteiger partial charge in [-0.25, -0.2) is 0 Å². The molecule has 0 bridgehead atoms. The molecular formula is C30H47NO2. The van der Waals surface area contributed by atoms with Gasteiger partial charge in [0.05, 0.1) is 0 Å². The fraction of sp³-hybridized carbons (Fsp3) is 0.500. The number of nitrogens with zero attached hydrogens (tertiary/aromatic N) is 1. The van der Waals surface area contributed by atoms with Gasteiger partial charge in [0, 0.05) is 18.8 Å². The number of carboxylic acid groups (broad SMARTS) is 1. The van der Waals surface area contributed by atoms with Crippen LogP contribution >= 0.6 is 0 Å². The van der Waals surface area contributed by atoms with Crippen molar-refractivity contribution in [2.75, 3.05) is 6.54 Å². The summed E-state index contributed by atoms with van der Waals surface area (Å²) in [5.41, 5.74) is 4.19. The van der Waals surface area contributed by atoms with Crippen molar-refractivity contribution < 1.29 is 9.90 Å². The minimum atomic E-state index is -0.958. The molecule has 1 aliphatic carbocycles. The number of carboxylic acids is 1. The number of carbonyl (C=O) groups is 1. The van der Waals surface area contributed by atoms with Crippen LogP contribution in [0.25, 0.3) is 0 Å². The smallest absolute Gasteiger partial charge is 0.317 e. The van der Waals surface area contributed by atoms with Gasteiger partial charge in [-0.15, -0.1) is 0 Å². The van der Waals surface area contributed by atoms with Gasteiger partial charge in [-0.1, -0.05) is 97.0 Å². The van der Waals surface area contributed by atoms with E-state index in [0.717, 1.165) is 31.6 Å². The van der Waals surface area contributed by atoms with E-state index in [9.17, 15) is 9.90 Å². The monoisotopic (exact) mass is 453 g/mol. The van der Waals surface area contributed by atoms with Gasteiger partial charge in [0.2, 0.25) is 0 Å².